The predicted molar refractivity (Wildman–Crippen MR) is 78.2 cm³/mol. The monoisotopic (exact) mass is 282 g/mol. The first-order valence-electron chi connectivity index (χ1n) is 6.45. The Balaban J connectivity index is 2.15. The molecule has 0 amide bonds. The number of hydrogen-bond donors (Lipinski definition) is 1. The minimum absolute atomic E-state index is 0.0682. The fourth-order valence-corrected chi connectivity index (χ4v) is 3.21. The molecule has 6 heteroatoms. The molecule has 0 radical (unpaired) electrons. The van der Waals surface area contributed by atoms with Gasteiger partial charge in [0.25, 0.3) is 5.69 Å². The van der Waals surface area contributed by atoms with Crippen LogP contribution < -0.4 is 10.1 Å². The lowest BCUT2D eigenvalue weighted by Gasteiger charge is -2.23. The molecule has 1 fully saturated rings. The molecule has 0 aromatic heterocycles. The zero-order chi connectivity index (χ0) is 13.7. The number of nitrogens with zero attached hydrogens (tertiary/aromatic N) is 1. The summed E-state index contributed by atoms with van der Waals surface area (Å²) in [5, 5.41) is 14.3. The van der Waals surface area contributed by atoms with E-state index in [0.29, 0.717) is 18.4 Å². The number of thioether (sulfide) groups is 1. The van der Waals surface area contributed by atoms with Crippen LogP contribution in [0.3, 0.4) is 0 Å². The first kappa shape index (κ1) is 14.0. The van der Waals surface area contributed by atoms with Crippen molar-refractivity contribution in [1.82, 2.24) is 0 Å². The molecular weight excluding hydrogens is 264 g/mol. The Hall–Kier alpha value is -1.43. The van der Waals surface area contributed by atoms with E-state index in [4.69, 9.17) is 4.74 Å². The van der Waals surface area contributed by atoms with E-state index in [1.807, 2.05) is 24.8 Å². The van der Waals surface area contributed by atoms with Crippen LogP contribution in [-0.2, 0) is 0 Å². The third-order valence-corrected chi connectivity index (χ3v) is 4.05. The summed E-state index contributed by atoms with van der Waals surface area (Å²) in [7, 11) is 0. The molecule has 2 rings (SSSR count). The van der Waals surface area contributed by atoms with Crippen molar-refractivity contribution >= 4 is 23.1 Å². The van der Waals surface area contributed by atoms with Crippen LogP contribution in [0.2, 0.25) is 0 Å². The van der Waals surface area contributed by atoms with Crippen LogP contribution >= 0.6 is 11.8 Å². The van der Waals surface area contributed by atoms with Crippen LogP contribution in [0.4, 0.5) is 11.4 Å². The van der Waals surface area contributed by atoms with Crippen LogP contribution in [0.15, 0.2) is 18.2 Å². The van der Waals surface area contributed by atoms with E-state index in [0.717, 1.165) is 30.0 Å². The van der Waals surface area contributed by atoms with E-state index >= 15 is 0 Å². The van der Waals surface area contributed by atoms with Gasteiger partial charge in [-0.1, -0.05) is 0 Å². The van der Waals surface area contributed by atoms with E-state index in [-0.39, 0.29) is 10.6 Å². The molecule has 1 aromatic rings. The molecule has 0 aliphatic carbocycles. The van der Waals surface area contributed by atoms with Crippen LogP contribution in [0.1, 0.15) is 19.8 Å². The predicted octanol–water partition coefficient (Wildman–Crippen LogP) is 3.30. The van der Waals surface area contributed by atoms with Crippen LogP contribution in [0.25, 0.3) is 0 Å². The van der Waals surface area contributed by atoms with Crippen LogP contribution in [0, 0.1) is 10.1 Å². The topological polar surface area (TPSA) is 64.4 Å². The minimum Gasteiger partial charge on any atom is -0.494 e. The Morgan fingerprint density at radius 2 is 2.16 bits per heavy atom. The first-order chi connectivity index (χ1) is 9.19. The molecule has 0 atom stereocenters. The summed E-state index contributed by atoms with van der Waals surface area (Å²) in [6, 6.07) is 5.27. The van der Waals surface area contributed by atoms with Gasteiger partial charge in [0.15, 0.2) is 0 Å². The van der Waals surface area contributed by atoms with Crippen molar-refractivity contribution in [3.8, 4) is 5.75 Å². The molecule has 19 heavy (non-hydrogen) atoms. The number of nitro groups is 1. The maximum atomic E-state index is 10.9. The number of anilines is 1. The fraction of sp³-hybridized carbons (Fsp3) is 0.538. The largest absolute Gasteiger partial charge is 0.494 e. The highest BCUT2D eigenvalue weighted by Gasteiger charge is 2.16. The van der Waals surface area contributed by atoms with Crippen molar-refractivity contribution in [2.75, 3.05) is 23.4 Å². The van der Waals surface area contributed by atoms with Gasteiger partial charge in [0, 0.05) is 23.9 Å². The number of ether oxygens (including phenoxy) is 1. The highest BCUT2D eigenvalue weighted by Crippen LogP contribution is 2.28. The standard InChI is InChI=1S/C13H18N2O3S/c1-2-18-13-8-11(7-12(9-13)15(16)17)14-10-3-5-19-6-4-10/h7-10,14H,2-6H2,1H3. The van der Waals surface area contributed by atoms with Crippen molar-refractivity contribution in [3.05, 3.63) is 28.3 Å². The van der Waals surface area contributed by atoms with Gasteiger partial charge in [0.05, 0.1) is 17.6 Å². The molecular formula is C13H18N2O3S. The van der Waals surface area contributed by atoms with Gasteiger partial charge >= 0.3 is 0 Å². The average Bonchev–Trinajstić information content (AvgIpc) is 2.40. The Kier molecular flexibility index (Phi) is 4.90. The number of rotatable bonds is 5. The lowest BCUT2D eigenvalue weighted by molar-refractivity contribution is -0.384. The number of hydrogen-bond acceptors (Lipinski definition) is 5. The lowest BCUT2D eigenvalue weighted by Crippen LogP contribution is -2.24. The van der Waals surface area contributed by atoms with Crippen LogP contribution in [-0.4, -0.2) is 29.1 Å². The van der Waals surface area contributed by atoms with Crippen molar-refractivity contribution in [1.29, 1.82) is 0 Å². The number of benzene rings is 1. The second-order valence-corrected chi connectivity index (χ2v) is 5.66. The molecule has 1 aliphatic rings. The van der Waals surface area contributed by atoms with E-state index in [1.165, 1.54) is 6.07 Å². The molecule has 1 heterocycles. The Bertz CT molecular complexity index is 448. The molecule has 1 aromatic carbocycles. The van der Waals surface area contributed by atoms with E-state index in [2.05, 4.69) is 5.32 Å². The molecule has 1 saturated heterocycles. The van der Waals surface area contributed by atoms with Crippen molar-refractivity contribution < 1.29 is 9.66 Å². The molecule has 104 valence electrons. The van der Waals surface area contributed by atoms with Gasteiger partial charge in [-0.05, 0) is 31.3 Å². The summed E-state index contributed by atoms with van der Waals surface area (Å²) in [4.78, 5) is 10.5. The Morgan fingerprint density at radius 3 is 2.79 bits per heavy atom. The van der Waals surface area contributed by atoms with Gasteiger partial charge < -0.3 is 10.1 Å². The molecule has 0 unspecified atom stereocenters. The van der Waals surface area contributed by atoms with Gasteiger partial charge in [-0.2, -0.15) is 11.8 Å². The van der Waals surface area contributed by atoms with Gasteiger partial charge in [0.1, 0.15) is 5.75 Å². The number of nitro benzene ring substituents is 1. The summed E-state index contributed by atoms with van der Waals surface area (Å²) < 4.78 is 5.38. The maximum Gasteiger partial charge on any atom is 0.275 e. The zero-order valence-electron chi connectivity index (χ0n) is 10.9. The fourth-order valence-electron chi connectivity index (χ4n) is 2.10. The highest BCUT2D eigenvalue weighted by molar-refractivity contribution is 7.99. The molecule has 0 bridgehead atoms. The second kappa shape index (κ2) is 6.65. The molecule has 0 saturated carbocycles. The zero-order valence-corrected chi connectivity index (χ0v) is 11.7. The third-order valence-electron chi connectivity index (χ3n) is 3.01. The third kappa shape index (κ3) is 4.02. The van der Waals surface area contributed by atoms with Gasteiger partial charge in [-0.3, -0.25) is 10.1 Å². The summed E-state index contributed by atoms with van der Waals surface area (Å²) in [6.45, 7) is 2.37. The summed E-state index contributed by atoms with van der Waals surface area (Å²) in [5.41, 5.74) is 0.841. The normalized spacial score (nSPS) is 16.1. The van der Waals surface area contributed by atoms with Crippen molar-refractivity contribution in [2.24, 2.45) is 0 Å². The number of non-ortho nitro benzene ring substituents is 1. The van der Waals surface area contributed by atoms with Crippen molar-refractivity contribution in [2.45, 2.75) is 25.8 Å². The minimum atomic E-state index is -0.385. The van der Waals surface area contributed by atoms with Gasteiger partial charge in [-0.25, -0.2) is 0 Å². The van der Waals surface area contributed by atoms with Crippen LogP contribution in [0.5, 0.6) is 5.75 Å². The summed E-state index contributed by atoms with van der Waals surface area (Å²) in [6.07, 6.45) is 2.19. The summed E-state index contributed by atoms with van der Waals surface area (Å²) >= 11 is 1.96. The Labute approximate surface area is 116 Å². The van der Waals surface area contributed by atoms with Gasteiger partial charge in [-0.15, -0.1) is 0 Å². The maximum absolute atomic E-state index is 10.9. The SMILES string of the molecule is CCOc1cc(NC2CCSCC2)cc([N+](=O)[O-])c1. The summed E-state index contributed by atoms with van der Waals surface area (Å²) in [5.74, 6) is 2.83. The van der Waals surface area contributed by atoms with E-state index < -0.39 is 0 Å². The number of nitrogens with one attached hydrogen (secondary N) is 1. The van der Waals surface area contributed by atoms with E-state index in [1.54, 1.807) is 6.07 Å². The molecule has 0 spiro atoms. The Morgan fingerprint density at radius 1 is 1.42 bits per heavy atom. The molecule has 5 nitrogen and oxygen atoms in total. The van der Waals surface area contributed by atoms with E-state index in [9.17, 15) is 10.1 Å². The lowest BCUT2D eigenvalue weighted by atomic mass is 10.1. The molecule has 1 N–H and O–H groups in total. The second-order valence-electron chi connectivity index (χ2n) is 4.44. The highest BCUT2D eigenvalue weighted by atomic mass is 32.2. The smallest absolute Gasteiger partial charge is 0.275 e. The quantitative estimate of drug-likeness (QED) is 0.663. The first-order valence-corrected chi connectivity index (χ1v) is 7.61. The average molecular weight is 282 g/mol. The van der Waals surface area contributed by atoms with Gasteiger partial charge in [0.2, 0.25) is 0 Å². The molecule has 1 aliphatic heterocycles. The van der Waals surface area contributed by atoms with Crippen molar-refractivity contribution in [3.63, 3.8) is 0 Å².